The number of rotatable bonds is 3. The van der Waals surface area contributed by atoms with Gasteiger partial charge in [0.2, 0.25) is 9.84 Å². The molecule has 0 bridgehead atoms. The van der Waals surface area contributed by atoms with Crippen molar-refractivity contribution in [2.24, 2.45) is 0 Å². The van der Waals surface area contributed by atoms with Crippen molar-refractivity contribution in [3.63, 3.8) is 0 Å². The summed E-state index contributed by atoms with van der Waals surface area (Å²) in [6.45, 7) is 0. The van der Waals surface area contributed by atoms with E-state index in [9.17, 15) is 47.9 Å². The molecule has 0 fully saturated rings. The zero-order chi connectivity index (χ0) is 14.5. The molecule has 12 heteroatoms. The molecule has 0 heterocycles. The highest BCUT2D eigenvalue weighted by Crippen LogP contribution is 2.54. The third-order valence-electron chi connectivity index (χ3n) is 1.51. The van der Waals surface area contributed by atoms with Crippen molar-refractivity contribution in [3.05, 3.63) is 6.26 Å². The van der Waals surface area contributed by atoms with Crippen LogP contribution in [0.15, 0.2) is 0 Å². The van der Waals surface area contributed by atoms with Gasteiger partial charge in [-0.3, -0.25) is 0 Å². The first-order chi connectivity index (χ1) is 7.00. The van der Waals surface area contributed by atoms with Crippen LogP contribution in [0.3, 0.4) is 0 Å². The van der Waals surface area contributed by atoms with E-state index in [0.717, 1.165) is 0 Å². The Kier molecular flexibility index (Phi) is 3.51. The van der Waals surface area contributed by atoms with E-state index in [1.165, 1.54) is 6.26 Å². The van der Waals surface area contributed by atoms with Crippen molar-refractivity contribution in [2.45, 2.75) is 23.3 Å². The van der Waals surface area contributed by atoms with Crippen LogP contribution in [-0.4, -0.2) is 31.7 Å². The summed E-state index contributed by atoms with van der Waals surface area (Å²) in [7, 11) is -6.42. The maximum absolute atomic E-state index is 12.4. The fraction of sp³-hybridized carbons (Fsp3) is 0.800. The van der Waals surface area contributed by atoms with Gasteiger partial charge in [0.15, 0.2) is 0 Å². The summed E-state index contributed by atoms with van der Waals surface area (Å²) < 4.78 is 128. The Bertz CT molecular complexity index is 392. The monoisotopic (exact) mass is 297 g/mol. The van der Waals surface area contributed by atoms with Crippen LogP contribution < -0.4 is 0 Å². The summed E-state index contributed by atoms with van der Waals surface area (Å²) in [6, 6.07) is 0. The van der Waals surface area contributed by atoms with Gasteiger partial charge in [-0.15, -0.1) is 0 Å². The number of halogens is 9. The molecule has 0 atom stereocenters. The van der Waals surface area contributed by atoms with Crippen LogP contribution in [0.4, 0.5) is 39.5 Å². The van der Waals surface area contributed by atoms with Crippen LogP contribution >= 0.6 is 0 Å². The zero-order valence-electron chi connectivity index (χ0n) is 7.33. The second-order valence-electron chi connectivity index (χ2n) is 2.78. The second kappa shape index (κ2) is 3.65. The van der Waals surface area contributed by atoms with Gasteiger partial charge >= 0.3 is 23.3 Å². The lowest BCUT2D eigenvalue weighted by Gasteiger charge is -2.32. The molecule has 1 radical (unpaired) electrons. The molecule has 17 heavy (non-hydrogen) atoms. The van der Waals surface area contributed by atoms with Crippen molar-refractivity contribution in [1.29, 1.82) is 0 Å². The number of sulfone groups is 1. The van der Waals surface area contributed by atoms with E-state index in [-0.39, 0.29) is 0 Å². The SMILES string of the molecule is [CH2]S(=O)(=O)C(F)(F)C(F)(F)C(F)(F)C(F)(F)F. The van der Waals surface area contributed by atoms with Gasteiger partial charge in [0, 0.05) is 0 Å². The highest BCUT2D eigenvalue weighted by molar-refractivity contribution is 7.93. The lowest BCUT2D eigenvalue weighted by molar-refractivity contribution is -0.382. The summed E-state index contributed by atoms with van der Waals surface area (Å²) in [4.78, 5) is 0. The summed E-state index contributed by atoms with van der Waals surface area (Å²) in [6.07, 6.45) is -5.61. The quantitative estimate of drug-likeness (QED) is 0.750. The van der Waals surface area contributed by atoms with Crippen LogP contribution in [-0.2, 0) is 9.84 Å². The average Bonchev–Trinajstić information content (AvgIpc) is 1.98. The molecule has 0 saturated heterocycles. The smallest absolute Gasteiger partial charge is 0.222 e. The van der Waals surface area contributed by atoms with Crippen LogP contribution in [0.2, 0.25) is 0 Å². The minimum absolute atomic E-state index is 1.45. The van der Waals surface area contributed by atoms with E-state index in [1.807, 2.05) is 0 Å². The number of hydrogen-bond donors (Lipinski definition) is 0. The highest BCUT2D eigenvalue weighted by Gasteiger charge is 2.84. The van der Waals surface area contributed by atoms with E-state index < -0.39 is 33.1 Å². The predicted molar refractivity (Wildman–Crippen MR) is 35.2 cm³/mol. The minimum Gasteiger partial charge on any atom is -0.222 e. The van der Waals surface area contributed by atoms with E-state index in [2.05, 4.69) is 0 Å². The Balaban J connectivity index is 5.91. The molecule has 0 unspecified atom stereocenters. The lowest BCUT2D eigenvalue weighted by Crippen LogP contribution is -2.62. The first kappa shape index (κ1) is 16.3. The maximum Gasteiger partial charge on any atom is 0.460 e. The third-order valence-corrected chi connectivity index (χ3v) is 2.54. The Labute approximate surface area is 88.3 Å². The summed E-state index contributed by atoms with van der Waals surface area (Å²) in [5, 5.41) is -6.67. The fourth-order valence-electron chi connectivity index (χ4n) is 0.556. The first-order valence-corrected chi connectivity index (χ1v) is 4.93. The fourth-order valence-corrected chi connectivity index (χ4v) is 1.07. The molecule has 0 amide bonds. The Morgan fingerprint density at radius 1 is 0.706 bits per heavy atom. The van der Waals surface area contributed by atoms with E-state index >= 15 is 0 Å². The molecule has 0 aliphatic carbocycles. The second-order valence-corrected chi connectivity index (χ2v) is 4.52. The molecule has 0 aromatic heterocycles. The molecule has 0 N–H and O–H groups in total. The van der Waals surface area contributed by atoms with Gasteiger partial charge in [0.05, 0.1) is 6.26 Å². The maximum atomic E-state index is 12.4. The molecule has 0 aliphatic rings. The van der Waals surface area contributed by atoms with Crippen molar-refractivity contribution >= 4 is 9.84 Å². The normalized spacial score (nSPS) is 16.1. The molecule has 0 aromatic rings. The van der Waals surface area contributed by atoms with Crippen molar-refractivity contribution in [3.8, 4) is 0 Å². The molecule has 0 spiro atoms. The largest absolute Gasteiger partial charge is 0.460 e. The Hall–Kier alpha value is -0.680. The molecule has 0 saturated carbocycles. The van der Waals surface area contributed by atoms with Crippen molar-refractivity contribution in [2.75, 3.05) is 0 Å². The molecule has 103 valence electrons. The van der Waals surface area contributed by atoms with Gasteiger partial charge in [-0.05, 0) is 0 Å². The highest BCUT2D eigenvalue weighted by atomic mass is 32.2. The topological polar surface area (TPSA) is 34.1 Å². The van der Waals surface area contributed by atoms with Crippen LogP contribution in [0.1, 0.15) is 0 Å². The lowest BCUT2D eigenvalue weighted by atomic mass is 10.1. The average molecular weight is 297 g/mol. The minimum atomic E-state index is -7.23. The molecular weight excluding hydrogens is 295 g/mol. The number of alkyl halides is 9. The van der Waals surface area contributed by atoms with Gasteiger partial charge in [-0.25, -0.2) is 8.42 Å². The van der Waals surface area contributed by atoms with Crippen LogP contribution in [0.25, 0.3) is 0 Å². The van der Waals surface area contributed by atoms with Gasteiger partial charge in [-0.2, -0.15) is 39.5 Å². The Morgan fingerprint density at radius 3 is 1.18 bits per heavy atom. The zero-order valence-corrected chi connectivity index (χ0v) is 8.15. The molecule has 2 nitrogen and oxygen atoms in total. The molecule has 0 rings (SSSR count). The summed E-state index contributed by atoms with van der Waals surface area (Å²) in [5.74, 6) is -14.4. The Morgan fingerprint density at radius 2 is 1.00 bits per heavy atom. The summed E-state index contributed by atoms with van der Waals surface area (Å²) in [5.41, 5.74) is 0. The summed E-state index contributed by atoms with van der Waals surface area (Å²) >= 11 is 0. The van der Waals surface area contributed by atoms with Crippen molar-refractivity contribution in [1.82, 2.24) is 0 Å². The molecular formula is C5H2F9O2S. The molecule has 0 aromatic carbocycles. The predicted octanol–water partition coefficient (Wildman–Crippen LogP) is 2.62. The third kappa shape index (κ3) is 2.18. The standard InChI is InChI=1S/C5H2F9O2S/c1-17(15,16)5(13,14)3(8,9)2(6,7)4(10,11)12/h1H2. The van der Waals surface area contributed by atoms with Gasteiger partial charge in [0.1, 0.15) is 0 Å². The van der Waals surface area contributed by atoms with Crippen LogP contribution in [0, 0.1) is 6.26 Å². The van der Waals surface area contributed by atoms with Gasteiger partial charge in [0.25, 0.3) is 0 Å². The number of hydrogen-bond acceptors (Lipinski definition) is 2. The van der Waals surface area contributed by atoms with Gasteiger partial charge in [-0.1, -0.05) is 0 Å². The molecule has 0 aliphatic heterocycles. The van der Waals surface area contributed by atoms with E-state index in [0.29, 0.717) is 0 Å². The van der Waals surface area contributed by atoms with Gasteiger partial charge < -0.3 is 0 Å². The van der Waals surface area contributed by atoms with E-state index in [1.54, 1.807) is 0 Å². The van der Waals surface area contributed by atoms with Crippen molar-refractivity contribution < 1.29 is 47.9 Å². The van der Waals surface area contributed by atoms with Crippen LogP contribution in [0.5, 0.6) is 0 Å². The first-order valence-electron chi connectivity index (χ1n) is 3.28. The van der Waals surface area contributed by atoms with E-state index in [4.69, 9.17) is 0 Å².